The summed E-state index contributed by atoms with van der Waals surface area (Å²) in [6.45, 7) is 9.31. The summed E-state index contributed by atoms with van der Waals surface area (Å²) in [5, 5.41) is 3.05. The fourth-order valence-corrected chi connectivity index (χ4v) is 3.96. The SMILES string of the molecule is CCN1CCN(Cc2ccc(NC(=O)C3COc4ccccc4C3)cc2)CC1. The largest absolute Gasteiger partial charge is 0.492 e. The second-order valence-electron chi connectivity index (χ2n) is 7.72. The Morgan fingerprint density at radius 2 is 1.75 bits per heavy atom. The predicted molar refractivity (Wildman–Crippen MR) is 112 cm³/mol. The highest BCUT2D eigenvalue weighted by atomic mass is 16.5. The van der Waals surface area contributed by atoms with Crippen molar-refractivity contribution in [2.24, 2.45) is 5.92 Å². The highest BCUT2D eigenvalue weighted by Crippen LogP contribution is 2.27. The molecular formula is C23H29N3O2. The lowest BCUT2D eigenvalue weighted by molar-refractivity contribution is -0.121. The summed E-state index contributed by atoms with van der Waals surface area (Å²) in [5.74, 6) is 0.776. The van der Waals surface area contributed by atoms with Gasteiger partial charge in [-0.2, -0.15) is 0 Å². The van der Waals surface area contributed by atoms with Gasteiger partial charge in [-0.25, -0.2) is 0 Å². The lowest BCUT2D eigenvalue weighted by atomic mass is 9.96. The fourth-order valence-electron chi connectivity index (χ4n) is 3.96. The van der Waals surface area contributed by atoms with Crippen LogP contribution in [0.15, 0.2) is 48.5 Å². The number of nitrogens with zero attached hydrogens (tertiary/aromatic N) is 2. The number of nitrogens with one attached hydrogen (secondary N) is 1. The number of hydrogen-bond acceptors (Lipinski definition) is 4. The number of carbonyl (C=O) groups is 1. The first-order valence-corrected chi connectivity index (χ1v) is 10.3. The van der Waals surface area contributed by atoms with E-state index in [1.165, 1.54) is 5.56 Å². The van der Waals surface area contributed by atoms with E-state index in [1.807, 2.05) is 36.4 Å². The van der Waals surface area contributed by atoms with Crippen molar-refractivity contribution in [3.05, 3.63) is 59.7 Å². The zero-order valence-corrected chi connectivity index (χ0v) is 16.6. The summed E-state index contributed by atoms with van der Waals surface area (Å²) in [5.41, 5.74) is 3.24. The molecule has 0 radical (unpaired) electrons. The Hall–Kier alpha value is -2.37. The fraction of sp³-hybridized carbons (Fsp3) is 0.435. The number of ether oxygens (including phenoxy) is 1. The predicted octanol–water partition coefficient (Wildman–Crippen LogP) is 3.01. The maximum absolute atomic E-state index is 12.6. The van der Waals surface area contributed by atoms with Crippen LogP contribution in [-0.4, -0.2) is 55.0 Å². The quantitative estimate of drug-likeness (QED) is 0.867. The summed E-state index contributed by atoms with van der Waals surface area (Å²) in [6, 6.07) is 16.2. The highest BCUT2D eigenvalue weighted by molar-refractivity contribution is 5.93. The van der Waals surface area contributed by atoms with Crippen LogP contribution in [0.5, 0.6) is 5.75 Å². The minimum absolute atomic E-state index is 0.0259. The molecule has 0 aromatic heterocycles. The van der Waals surface area contributed by atoms with Gasteiger partial charge in [0.05, 0.1) is 5.92 Å². The molecule has 4 rings (SSSR count). The second kappa shape index (κ2) is 8.76. The Labute approximate surface area is 167 Å². The zero-order chi connectivity index (χ0) is 19.3. The van der Waals surface area contributed by atoms with E-state index in [4.69, 9.17) is 4.74 Å². The summed E-state index contributed by atoms with van der Waals surface area (Å²) in [4.78, 5) is 17.6. The van der Waals surface area contributed by atoms with Gasteiger partial charge in [-0.05, 0) is 42.3 Å². The van der Waals surface area contributed by atoms with Crippen molar-refractivity contribution < 1.29 is 9.53 Å². The third kappa shape index (κ3) is 4.54. The molecule has 1 fully saturated rings. The molecule has 28 heavy (non-hydrogen) atoms. The Balaban J connectivity index is 1.29. The maximum Gasteiger partial charge on any atom is 0.231 e. The van der Waals surface area contributed by atoms with Gasteiger partial charge in [0.15, 0.2) is 0 Å². The highest BCUT2D eigenvalue weighted by Gasteiger charge is 2.25. The third-order valence-electron chi connectivity index (χ3n) is 5.79. The van der Waals surface area contributed by atoms with E-state index in [0.717, 1.165) is 62.7 Å². The van der Waals surface area contributed by atoms with E-state index >= 15 is 0 Å². The van der Waals surface area contributed by atoms with Crippen LogP contribution < -0.4 is 10.1 Å². The number of anilines is 1. The molecule has 5 heteroatoms. The van der Waals surface area contributed by atoms with Crippen LogP contribution in [-0.2, 0) is 17.8 Å². The van der Waals surface area contributed by atoms with Crippen molar-refractivity contribution in [3.8, 4) is 5.75 Å². The molecule has 1 N–H and O–H groups in total. The van der Waals surface area contributed by atoms with E-state index in [2.05, 4.69) is 34.2 Å². The van der Waals surface area contributed by atoms with Crippen molar-refractivity contribution in [2.45, 2.75) is 19.9 Å². The summed E-state index contributed by atoms with van der Waals surface area (Å²) >= 11 is 0. The number of hydrogen-bond donors (Lipinski definition) is 1. The maximum atomic E-state index is 12.6. The van der Waals surface area contributed by atoms with Crippen LogP contribution >= 0.6 is 0 Å². The van der Waals surface area contributed by atoms with Crippen LogP contribution in [0.4, 0.5) is 5.69 Å². The first-order valence-electron chi connectivity index (χ1n) is 10.3. The average Bonchev–Trinajstić information content (AvgIpc) is 2.75. The molecule has 0 spiro atoms. The van der Waals surface area contributed by atoms with Gasteiger partial charge in [0.25, 0.3) is 0 Å². The van der Waals surface area contributed by atoms with E-state index in [-0.39, 0.29) is 11.8 Å². The van der Waals surface area contributed by atoms with Gasteiger partial charge in [0.1, 0.15) is 12.4 Å². The van der Waals surface area contributed by atoms with E-state index in [9.17, 15) is 4.79 Å². The molecule has 1 atom stereocenters. The number of carbonyl (C=O) groups excluding carboxylic acids is 1. The van der Waals surface area contributed by atoms with Gasteiger partial charge < -0.3 is 15.0 Å². The Morgan fingerprint density at radius 3 is 2.50 bits per heavy atom. The first-order chi connectivity index (χ1) is 13.7. The molecule has 148 valence electrons. The summed E-state index contributed by atoms with van der Waals surface area (Å²) in [7, 11) is 0. The van der Waals surface area contributed by atoms with Gasteiger partial charge in [-0.15, -0.1) is 0 Å². The van der Waals surface area contributed by atoms with Crippen molar-refractivity contribution in [2.75, 3.05) is 44.6 Å². The van der Waals surface area contributed by atoms with E-state index in [0.29, 0.717) is 6.61 Å². The van der Waals surface area contributed by atoms with Crippen LogP contribution in [0.25, 0.3) is 0 Å². The van der Waals surface area contributed by atoms with Crippen LogP contribution in [0.1, 0.15) is 18.1 Å². The molecule has 2 aliphatic rings. The molecular weight excluding hydrogens is 350 g/mol. The van der Waals surface area contributed by atoms with Crippen molar-refractivity contribution in [1.29, 1.82) is 0 Å². The van der Waals surface area contributed by atoms with Crippen molar-refractivity contribution >= 4 is 11.6 Å². The van der Waals surface area contributed by atoms with E-state index in [1.54, 1.807) is 0 Å². The number of amides is 1. The second-order valence-corrected chi connectivity index (χ2v) is 7.72. The Kier molecular flexibility index (Phi) is 5.93. The smallest absolute Gasteiger partial charge is 0.231 e. The topological polar surface area (TPSA) is 44.8 Å². The minimum Gasteiger partial charge on any atom is -0.492 e. The minimum atomic E-state index is -0.149. The van der Waals surface area contributed by atoms with Gasteiger partial charge in [-0.1, -0.05) is 37.3 Å². The Morgan fingerprint density at radius 1 is 1.04 bits per heavy atom. The molecule has 0 bridgehead atoms. The number of piperazine rings is 1. The summed E-state index contributed by atoms with van der Waals surface area (Å²) in [6.07, 6.45) is 0.726. The first kappa shape index (κ1) is 19.0. The molecule has 1 saturated heterocycles. The lowest BCUT2D eigenvalue weighted by Crippen LogP contribution is -2.45. The van der Waals surface area contributed by atoms with E-state index < -0.39 is 0 Å². The normalized spacial score (nSPS) is 20.2. The molecule has 2 aromatic carbocycles. The molecule has 5 nitrogen and oxygen atoms in total. The molecule has 0 saturated carbocycles. The standard InChI is InChI=1S/C23H29N3O2/c1-2-25-11-13-26(14-12-25)16-18-7-9-21(10-8-18)24-23(27)20-15-19-5-3-4-6-22(19)28-17-20/h3-10,20H,2,11-17H2,1H3,(H,24,27). The molecule has 1 amide bonds. The number of fused-ring (bicyclic) bond motifs is 1. The number of benzene rings is 2. The van der Waals surface area contributed by atoms with Crippen molar-refractivity contribution in [1.82, 2.24) is 9.80 Å². The average molecular weight is 380 g/mol. The Bertz CT molecular complexity index is 798. The number of para-hydroxylation sites is 1. The molecule has 2 aromatic rings. The van der Waals surface area contributed by atoms with Gasteiger partial charge in [-0.3, -0.25) is 9.69 Å². The monoisotopic (exact) mass is 379 g/mol. The molecule has 0 aliphatic carbocycles. The number of likely N-dealkylation sites (N-methyl/N-ethyl adjacent to an activating group) is 1. The van der Waals surface area contributed by atoms with Crippen LogP contribution in [0.2, 0.25) is 0 Å². The molecule has 2 aliphatic heterocycles. The van der Waals surface area contributed by atoms with Crippen LogP contribution in [0.3, 0.4) is 0 Å². The van der Waals surface area contributed by atoms with Gasteiger partial charge in [0, 0.05) is 38.4 Å². The number of rotatable bonds is 5. The van der Waals surface area contributed by atoms with Gasteiger partial charge >= 0.3 is 0 Å². The molecule has 1 unspecified atom stereocenters. The van der Waals surface area contributed by atoms with Crippen LogP contribution in [0, 0.1) is 5.92 Å². The lowest BCUT2D eigenvalue weighted by Gasteiger charge is -2.34. The van der Waals surface area contributed by atoms with Gasteiger partial charge in [0.2, 0.25) is 5.91 Å². The molecule has 2 heterocycles. The third-order valence-corrected chi connectivity index (χ3v) is 5.79. The van der Waals surface area contributed by atoms with Crippen molar-refractivity contribution in [3.63, 3.8) is 0 Å². The zero-order valence-electron chi connectivity index (χ0n) is 16.6. The summed E-state index contributed by atoms with van der Waals surface area (Å²) < 4.78 is 5.74.